The summed E-state index contributed by atoms with van der Waals surface area (Å²) in [5, 5.41) is 23.2. The minimum absolute atomic E-state index is 0.00590. The molecule has 0 aliphatic carbocycles. The summed E-state index contributed by atoms with van der Waals surface area (Å²) < 4.78 is 12.2. The minimum atomic E-state index is -2.03. The van der Waals surface area contributed by atoms with E-state index in [0.29, 0.717) is 40.2 Å². The third-order valence-corrected chi connectivity index (χ3v) is 13.7. The average molecular weight is 528 g/mol. The highest BCUT2D eigenvalue weighted by molar-refractivity contribution is 6.77. The number of carbonyl (C=O) groups is 1. The fourth-order valence-electron chi connectivity index (χ4n) is 5.76. The molecule has 1 aromatic carbocycles. The zero-order chi connectivity index (χ0) is 26.8. The van der Waals surface area contributed by atoms with Crippen LogP contribution < -0.4 is 0 Å². The van der Waals surface area contributed by atoms with Gasteiger partial charge in [-0.1, -0.05) is 59.2 Å². The average Bonchev–Trinajstić information content (AvgIpc) is 2.71. The lowest BCUT2D eigenvalue weighted by atomic mass is 9.79. The van der Waals surface area contributed by atoms with Crippen molar-refractivity contribution in [1.82, 2.24) is 4.90 Å². The van der Waals surface area contributed by atoms with Crippen LogP contribution in [0, 0.1) is 0 Å². The van der Waals surface area contributed by atoms with Crippen molar-refractivity contribution in [3.8, 4) is 0 Å². The fraction of sp³-hybridized carbons (Fsp3) is 0.741. The Morgan fingerprint density at radius 3 is 2.23 bits per heavy atom. The quantitative estimate of drug-likeness (QED) is 0.390. The monoisotopic (exact) mass is 527 g/mol. The highest BCUT2D eigenvalue weighted by atomic mass is 35.5. The molecule has 2 unspecified atom stereocenters. The molecule has 1 aliphatic rings. The Kier molecular flexibility index (Phi) is 9.90. The van der Waals surface area contributed by atoms with Gasteiger partial charge >= 0.3 is 6.09 Å². The lowest BCUT2D eigenvalue weighted by Gasteiger charge is -2.44. The topological polar surface area (TPSA) is 79.2 Å². The number of amides is 1. The number of hydrogen-bond acceptors (Lipinski definition) is 5. The normalized spacial score (nSPS) is 21.8. The molecule has 2 N–H and O–H groups in total. The summed E-state index contributed by atoms with van der Waals surface area (Å²) in [4.78, 5) is 14.0. The van der Waals surface area contributed by atoms with Crippen LogP contribution in [0.5, 0.6) is 0 Å². The van der Waals surface area contributed by atoms with Crippen LogP contribution in [0.25, 0.3) is 0 Å². The van der Waals surface area contributed by atoms with Gasteiger partial charge < -0.3 is 24.3 Å². The molecule has 0 spiro atoms. The molecule has 1 amide bonds. The molecular formula is C27H46ClNO5Si. The van der Waals surface area contributed by atoms with Crippen LogP contribution in [0.2, 0.25) is 21.6 Å². The lowest BCUT2D eigenvalue weighted by Crippen LogP contribution is -2.56. The third kappa shape index (κ3) is 6.80. The van der Waals surface area contributed by atoms with Gasteiger partial charge in [0, 0.05) is 24.6 Å². The number of halogens is 1. The van der Waals surface area contributed by atoms with Gasteiger partial charge in [0.1, 0.15) is 17.3 Å². The van der Waals surface area contributed by atoms with Crippen molar-refractivity contribution >= 4 is 26.0 Å². The Hall–Kier alpha value is -1.12. The first-order valence-electron chi connectivity index (χ1n) is 12.9. The molecule has 2 atom stereocenters. The molecule has 1 saturated heterocycles. The predicted molar refractivity (Wildman–Crippen MR) is 144 cm³/mol. The van der Waals surface area contributed by atoms with Crippen molar-refractivity contribution in [2.75, 3.05) is 19.7 Å². The van der Waals surface area contributed by atoms with E-state index in [9.17, 15) is 15.0 Å². The van der Waals surface area contributed by atoms with Crippen molar-refractivity contribution in [2.24, 2.45) is 0 Å². The van der Waals surface area contributed by atoms with E-state index in [1.54, 1.807) is 32.9 Å². The zero-order valence-electron chi connectivity index (χ0n) is 23.0. The molecule has 8 heteroatoms. The van der Waals surface area contributed by atoms with E-state index in [1.165, 1.54) is 4.90 Å². The third-order valence-electron chi connectivity index (χ3n) is 7.32. The maximum absolute atomic E-state index is 12.5. The molecule has 35 heavy (non-hydrogen) atoms. The summed E-state index contributed by atoms with van der Waals surface area (Å²) in [5.41, 5.74) is 0.830. The summed E-state index contributed by atoms with van der Waals surface area (Å²) in [5.74, 6) is 0. The molecule has 2 rings (SSSR count). The highest BCUT2D eigenvalue weighted by Crippen LogP contribution is 2.43. The van der Waals surface area contributed by atoms with Crippen LogP contribution in [-0.2, 0) is 21.2 Å². The Morgan fingerprint density at radius 2 is 1.74 bits per heavy atom. The van der Waals surface area contributed by atoms with Gasteiger partial charge in [-0.15, -0.1) is 0 Å². The molecule has 200 valence electrons. The second kappa shape index (κ2) is 11.5. The minimum Gasteiger partial charge on any atom is -0.444 e. The maximum Gasteiger partial charge on any atom is 0.410 e. The largest absolute Gasteiger partial charge is 0.444 e. The van der Waals surface area contributed by atoms with Gasteiger partial charge in [-0.05, 0) is 67.1 Å². The van der Waals surface area contributed by atoms with Crippen molar-refractivity contribution in [1.29, 1.82) is 0 Å². The molecule has 1 aliphatic heterocycles. The maximum atomic E-state index is 12.5. The standard InChI is InChI=1S/C27H46ClNO5Si/c1-18(2)35(19(3)4,20(5)6)33-15-12-21-16-22(28)10-11-23(21)27(32)13-14-29(17-24(27)30)25(31)34-26(7,8)9/h10-11,16,18-20,24,30,32H,12-15,17H2,1-9H3. The number of β-amino-alcohol motifs (C(OH)–C–C–N with tert-alkyl or cyclic N) is 1. The SMILES string of the molecule is CC(C)[Si](OCCc1cc(Cl)ccc1C1(O)CCN(C(=O)OC(C)(C)C)CC1O)(C(C)C)C(C)C. The molecule has 0 saturated carbocycles. The first kappa shape index (κ1) is 30.1. The molecule has 6 nitrogen and oxygen atoms in total. The summed E-state index contributed by atoms with van der Waals surface area (Å²) in [6, 6.07) is 5.39. The number of ether oxygens (including phenoxy) is 1. The number of aliphatic hydroxyl groups is 2. The number of hydrogen-bond donors (Lipinski definition) is 2. The molecule has 0 bridgehead atoms. The Bertz CT molecular complexity index is 848. The number of benzene rings is 1. The fourth-order valence-corrected chi connectivity index (χ4v) is 11.4. The van der Waals surface area contributed by atoms with E-state index in [4.69, 9.17) is 20.8 Å². The second-order valence-electron chi connectivity index (χ2n) is 11.8. The van der Waals surface area contributed by atoms with Gasteiger partial charge in [0.25, 0.3) is 0 Å². The Morgan fingerprint density at radius 1 is 1.17 bits per heavy atom. The van der Waals surface area contributed by atoms with E-state index in [2.05, 4.69) is 41.5 Å². The molecular weight excluding hydrogens is 482 g/mol. The van der Waals surface area contributed by atoms with E-state index in [0.717, 1.165) is 5.56 Å². The van der Waals surface area contributed by atoms with Gasteiger partial charge in [0.2, 0.25) is 0 Å². The first-order valence-corrected chi connectivity index (χ1v) is 15.4. The highest BCUT2D eigenvalue weighted by Gasteiger charge is 2.46. The predicted octanol–water partition coefficient (Wildman–Crippen LogP) is 6.26. The molecule has 1 aromatic rings. The number of aliphatic hydroxyl groups excluding tert-OH is 1. The van der Waals surface area contributed by atoms with Crippen LogP contribution in [0.15, 0.2) is 18.2 Å². The van der Waals surface area contributed by atoms with Crippen LogP contribution in [0.3, 0.4) is 0 Å². The molecule has 1 heterocycles. The van der Waals surface area contributed by atoms with Crippen molar-refractivity contribution in [3.05, 3.63) is 34.3 Å². The van der Waals surface area contributed by atoms with Crippen molar-refractivity contribution in [2.45, 2.75) is 109 Å². The van der Waals surface area contributed by atoms with E-state index >= 15 is 0 Å². The molecule has 1 fully saturated rings. The lowest BCUT2D eigenvalue weighted by molar-refractivity contribution is -0.123. The van der Waals surface area contributed by atoms with Crippen LogP contribution in [-0.4, -0.2) is 60.9 Å². The van der Waals surface area contributed by atoms with E-state index < -0.39 is 31.7 Å². The summed E-state index contributed by atoms with van der Waals surface area (Å²) in [6.45, 7) is 19.8. The number of carbonyl (C=O) groups excluding carboxylic acids is 1. The van der Waals surface area contributed by atoms with Crippen molar-refractivity contribution in [3.63, 3.8) is 0 Å². The van der Waals surface area contributed by atoms with Crippen LogP contribution >= 0.6 is 11.6 Å². The summed E-state index contributed by atoms with van der Waals surface area (Å²) >= 11 is 6.34. The Balaban J connectivity index is 2.24. The first-order chi connectivity index (χ1) is 16.0. The van der Waals surface area contributed by atoms with Crippen LogP contribution in [0.1, 0.15) is 79.9 Å². The van der Waals surface area contributed by atoms with Crippen LogP contribution in [0.4, 0.5) is 4.79 Å². The van der Waals surface area contributed by atoms with Gasteiger partial charge in [-0.3, -0.25) is 0 Å². The summed E-state index contributed by atoms with van der Waals surface area (Å²) in [6.07, 6.45) is -0.853. The van der Waals surface area contributed by atoms with E-state index in [1.807, 2.05) is 6.07 Å². The molecule has 0 aromatic heterocycles. The van der Waals surface area contributed by atoms with Gasteiger partial charge in [0.05, 0.1) is 6.54 Å². The smallest absolute Gasteiger partial charge is 0.410 e. The number of piperidine rings is 1. The number of nitrogens with zero attached hydrogens (tertiary/aromatic N) is 1. The van der Waals surface area contributed by atoms with E-state index in [-0.39, 0.29) is 19.5 Å². The summed E-state index contributed by atoms with van der Waals surface area (Å²) in [7, 11) is -2.03. The zero-order valence-corrected chi connectivity index (χ0v) is 24.8. The van der Waals surface area contributed by atoms with Gasteiger partial charge in [0.15, 0.2) is 8.32 Å². The Labute approximate surface area is 218 Å². The molecule has 0 radical (unpaired) electrons. The second-order valence-corrected chi connectivity index (χ2v) is 17.7. The number of rotatable bonds is 8. The van der Waals surface area contributed by atoms with Crippen molar-refractivity contribution < 1.29 is 24.2 Å². The number of likely N-dealkylation sites (tertiary alicyclic amines) is 1. The van der Waals surface area contributed by atoms with Gasteiger partial charge in [-0.2, -0.15) is 0 Å². The van der Waals surface area contributed by atoms with Gasteiger partial charge in [-0.25, -0.2) is 4.79 Å².